The van der Waals surface area contributed by atoms with Gasteiger partial charge < -0.3 is 10.3 Å². The number of carboxylic acids is 1. The summed E-state index contributed by atoms with van der Waals surface area (Å²) in [6.45, 7) is 0. The second-order valence-electron chi connectivity index (χ2n) is 1.60. The highest BCUT2D eigenvalue weighted by molar-refractivity contribution is 6.27. The largest absolute Gasteiger partial charge is 0.481 e. The van der Waals surface area contributed by atoms with Crippen LogP contribution in [0, 0.1) is 0 Å². The van der Waals surface area contributed by atoms with Crippen molar-refractivity contribution in [3.05, 3.63) is 0 Å². The fourth-order valence-electron chi connectivity index (χ4n) is 0.359. The molecule has 0 amide bonds. The first-order chi connectivity index (χ1) is 4.66. The van der Waals surface area contributed by atoms with Gasteiger partial charge in [0.05, 0.1) is 6.42 Å². The van der Waals surface area contributed by atoms with Crippen LogP contribution in [0.5, 0.6) is 0 Å². The summed E-state index contributed by atoms with van der Waals surface area (Å²) in [7, 11) is 0. The van der Waals surface area contributed by atoms with E-state index in [0.29, 0.717) is 6.21 Å². The predicted molar refractivity (Wildman–Crippen MR) is 32.2 cm³/mol. The molecule has 0 rings (SSSR count). The normalized spacial score (nSPS) is 10.0. The highest BCUT2D eigenvalue weighted by Crippen LogP contribution is 1.87. The summed E-state index contributed by atoms with van der Waals surface area (Å²) in [6, 6.07) is 0. The van der Waals surface area contributed by atoms with E-state index in [4.69, 9.17) is 10.3 Å². The lowest BCUT2D eigenvalue weighted by molar-refractivity contribution is -0.138. The Morgan fingerprint density at radius 1 is 1.40 bits per heavy atom. The molecule has 0 radical (unpaired) electrons. The number of hydrogen-bond acceptors (Lipinski definition) is 4. The smallest absolute Gasteiger partial charge is 0.303 e. The Hall–Kier alpha value is -1.39. The Morgan fingerprint density at radius 2 is 2.00 bits per heavy atom. The number of ketones is 1. The van der Waals surface area contributed by atoms with Crippen LogP contribution in [-0.2, 0) is 9.59 Å². The van der Waals surface area contributed by atoms with Crippen LogP contribution < -0.4 is 0 Å². The standard InChI is InChI=1S/C5H7NO4/c7-4(3-6-10)1-2-5(8)9/h3,10H,1-2H2,(H,8,9). The molecule has 0 aliphatic rings. The SMILES string of the molecule is O=C(O)CCC(=O)C=NO. The molecule has 0 fully saturated rings. The Labute approximate surface area is 57.0 Å². The number of nitrogens with zero attached hydrogens (tertiary/aromatic N) is 1. The lowest BCUT2D eigenvalue weighted by Crippen LogP contribution is -2.03. The highest BCUT2D eigenvalue weighted by Gasteiger charge is 2.01. The lowest BCUT2D eigenvalue weighted by Gasteiger charge is -1.87. The summed E-state index contributed by atoms with van der Waals surface area (Å²) in [5.74, 6) is -1.54. The van der Waals surface area contributed by atoms with E-state index >= 15 is 0 Å². The fraction of sp³-hybridized carbons (Fsp3) is 0.400. The minimum Gasteiger partial charge on any atom is -0.481 e. The van der Waals surface area contributed by atoms with Crippen molar-refractivity contribution in [2.24, 2.45) is 5.16 Å². The maximum absolute atomic E-state index is 10.4. The number of hydrogen-bond donors (Lipinski definition) is 2. The zero-order valence-electron chi connectivity index (χ0n) is 5.15. The van der Waals surface area contributed by atoms with Gasteiger partial charge in [-0.25, -0.2) is 0 Å². The Bertz CT molecular complexity index is 163. The highest BCUT2D eigenvalue weighted by atomic mass is 16.4. The van der Waals surface area contributed by atoms with Gasteiger partial charge in [0.15, 0.2) is 5.78 Å². The molecule has 56 valence electrons. The molecule has 2 N–H and O–H groups in total. The van der Waals surface area contributed by atoms with Crippen LogP contribution in [0.1, 0.15) is 12.8 Å². The van der Waals surface area contributed by atoms with Crippen LogP contribution in [0.2, 0.25) is 0 Å². The predicted octanol–water partition coefficient (Wildman–Crippen LogP) is -0.120. The third-order valence-corrected chi connectivity index (χ3v) is 0.787. The first-order valence-electron chi connectivity index (χ1n) is 2.59. The van der Waals surface area contributed by atoms with E-state index in [1.165, 1.54) is 0 Å². The van der Waals surface area contributed by atoms with Gasteiger partial charge in [0, 0.05) is 6.42 Å². The number of carboxylic acid groups (broad SMARTS) is 1. The van der Waals surface area contributed by atoms with Crippen molar-refractivity contribution in [2.45, 2.75) is 12.8 Å². The summed E-state index contributed by atoms with van der Waals surface area (Å²) in [5, 5.41) is 18.3. The molecule has 0 bridgehead atoms. The average Bonchev–Trinajstić information content (AvgIpc) is 1.85. The van der Waals surface area contributed by atoms with Gasteiger partial charge in [0.25, 0.3) is 0 Å². The molecular weight excluding hydrogens is 138 g/mol. The summed E-state index contributed by atoms with van der Waals surface area (Å²) >= 11 is 0. The van der Waals surface area contributed by atoms with Crippen molar-refractivity contribution >= 4 is 18.0 Å². The molecule has 0 aliphatic heterocycles. The van der Waals surface area contributed by atoms with Crippen LogP contribution in [0.25, 0.3) is 0 Å². The van der Waals surface area contributed by atoms with E-state index in [2.05, 4.69) is 5.16 Å². The summed E-state index contributed by atoms with van der Waals surface area (Å²) in [5.41, 5.74) is 0. The molecule has 0 atom stereocenters. The maximum atomic E-state index is 10.4. The van der Waals surface area contributed by atoms with Gasteiger partial charge in [-0.05, 0) is 0 Å². The summed E-state index contributed by atoms with van der Waals surface area (Å²) in [6.07, 6.45) is 0.327. The molecule has 10 heavy (non-hydrogen) atoms. The molecule has 0 unspecified atom stereocenters. The van der Waals surface area contributed by atoms with Gasteiger partial charge in [0.1, 0.15) is 6.21 Å². The van der Waals surface area contributed by atoms with Gasteiger partial charge in [-0.3, -0.25) is 9.59 Å². The molecule has 5 nitrogen and oxygen atoms in total. The van der Waals surface area contributed by atoms with Crippen LogP contribution in [0.4, 0.5) is 0 Å². The molecule has 0 aromatic heterocycles. The molecule has 0 heterocycles. The van der Waals surface area contributed by atoms with E-state index in [1.54, 1.807) is 0 Å². The Kier molecular flexibility index (Phi) is 3.86. The summed E-state index contributed by atoms with van der Waals surface area (Å²) in [4.78, 5) is 20.2. The van der Waals surface area contributed by atoms with Crippen LogP contribution >= 0.6 is 0 Å². The van der Waals surface area contributed by atoms with Crippen molar-refractivity contribution < 1.29 is 19.9 Å². The zero-order chi connectivity index (χ0) is 7.98. The number of rotatable bonds is 4. The maximum Gasteiger partial charge on any atom is 0.303 e. The molecule has 0 saturated heterocycles. The van der Waals surface area contributed by atoms with E-state index in [-0.39, 0.29) is 12.8 Å². The number of carbonyl (C=O) groups excluding carboxylic acids is 1. The van der Waals surface area contributed by atoms with E-state index < -0.39 is 11.8 Å². The first-order valence-corrected chi connectivity index (χ1v) is 2.59. The van der Waals surface area contributed by atoms with Crippen molar-refractivity contribution in [3.63, 3.8) is 0 Å². The molecule has 0 aromatic carbocycles. The van der Waals surface area contributed by atoms with Crippen LogP contribution in [-0.4, -0.2) is 28.3 Å². The molecule has 0 saturated carbocycles. The first kappa shape index (κ1) is 8.61. The summed E-state index contributed by atoms with van der Waals surface area (Å²) < 4.78 is 0. The average molecular weight is 145 g/mol. The van der Waals surface area contributed by atoms with E-state index in [0.717, 1.165) is 0 Å². The van der Waals surface area contributed by atoms with Gasteiger partial charge in [-0.1, -0.05) is 5.16 Å². The Balaban J connectivity index is 3.50. The van der Waals surface area contributed by atoms with Gasteiger partial charge in [0.2, 0.25) is 0 Å². The quantitative estimate of drug-likeness (QED) is 0.328. The van der Waals surface area contributed by atoms with Crippen molar-refractivity contribution in [3.8, 4) is 0 Å². The third-order valence-electron chi connectivity index (χ3n) is 0.787. The Morgan fingerprint density at radius 3 is 2.40 bits per heavy atom. The lowest BCUT2D eigenvalue weighted by atomic mass is 10.2. The van der Waals surface area contributed by atoms with E-state index in [1.807, 2.05) is 0 Å². The molecule has 0 aliphatic carbocycles. The number of oxime groups is 1. The number of carbonyl (C=O) groups is 2. The molecule has 0 spiro atoms. The van der Waals surface area contributed by atoms with Crippen LogP contribution in [0.3, 0.4) is 0 Å². The minimum absolute atomic E-state index is 0.126. The van der Waals surface area contributed by atoms with Gasteiger partial charge >= 0.3 is 5.97 Å². The topological polar surface area (TPSA) is 87.0 Å². The van der Waals surface area contributed by atoms with Crippen molar-refractivity contribution in [1.29, 1.82) is 0 Å². The molecular formula is C5H7NO4. The van der Waals surface area contributed by atoms with Crippen LogP contribution in [0.15, 0.2) is 5.16 Å². The number of Topliss-reactive ketones (excluding diaryl/α,β-unsaturated/α-hetero) is 1. The van der Waals surface area contributed by atoms with E-state index in [9.17, 15) is 9.59 Å². The second kappa shape index (κ2) is 4.49. The monoisotopic (exact) mass is 145 g/mol. The second-order valence-corrected chi connectivity index (χ2v) is 1.60. The van der Waals surface area contributed by atoms with Crippen molar-refractivity contribution in [1.82, 2.24) is 0 Å². The molecule has 5 heteroatoms. The van der Waals surface area contributed by atoms with Crippen molar-refractivity contribution in [2.75, 3.05) is 0 Å². The minimum atomic E-state index is -1.04. The molecule has 0 aromatic rings. The zero-order valence-corrected chi connectivity index (χ0v) is 5.15. The fourth-order valence-corrected chi connectivity index (χ4v) is 0.359. The van der Waals surface area contributed by atoms with Gasteiger partial charge in [-0.2, -0.15) is 0 Å². The third kappa shape index (κ3) is 4.76. The van der Waals surface area contributed by atoms with Gasteiger partial charge in [-0.15, -0.1) is 0 Å². The number of aliphatic carboxylic acids is 1.